The Morgan fingerprint density at radius 2 is 1.88 bits per heavy atom. The van der Waals surface area contributed by atoms with Crippen molar-refractivity contribution >= 4 is 56.8 Å². The lowest BCUT2D eigenvalue weighted by molar-refractivity contribution is -0.122. The van der Waals surface area contributed by atoms with E-state index in [0.29, 0.717) is 16.5 Å². The molecular formula is C17H16BrClN2O2S. The van der Waals surface area contributed by atoms with Crippen LogP contribution < -0.4 is 10.6 Å². The molecule has 0 fully saturated rings. The van der Waals surface area contributed by atoms with Crippen LogP contribution in [-0.4, -0.2) is 24.1 Å². The molecule has 7 heteroatoms. The summed E-state index contributed by atoms with van der Waals surface area (Å²) >= 11 is 10.7. The van der Waals surface area contributed by atoms with Crippen molar-refractivity contribution in [2.45, 2.75) is 5.75 Å². The lowest BCUT2D eigenvalue weighted by Gasteiger charge is -2.08. The van der Waals surface area contributed by atoms with E-state index in [-0.39, 0.29) is 24.1 Å². The van der Waals surface area contributed by atoms with Crippen LogP contribution in [0, 0.1) is 0 Å². The Kier molecular flexibility index (Phi) is 7.62. The maximum atomic E-state index is 11.8. The van der Waals surface area contributed by atoms with Crippen molar-refractivity contribution in [2.75, 3.05) is 17.6 Å². The van der Waals surface area contributed by atoms with Gasteiger partial charge in [0.15, 0.2) is 0 Å². The highest BCUT2D eigenvalue weighted by Crippen LogP contribution is 2.20. The molecule has 2 N–H and O–H groups in total. The highest BCUT2D eigenvalue weighted by molar-refractivity contribution is 9.10. The number of para-hydroxylation sites is 1. The Morgan fingerprint density at radius 1 is 1.08 bits per heavy atom. The normalized spacial score (nSPS) is 10.2. The highest BCUT2D eigenvalue weighted by atomic mass is 79.9. The fourth-order valence-electron chi connectivity index (χ4n) is 1.88. The van der Waals surface area contributed by atoms with Crippen molar-refractivity contribution in [2.24, 2.45) is 0 Å². The maximum absolute atomic E-state index is 11.8. The van der Waals surface area contributed by atoms with Crippen LogP contribution in [-0.2, 0) is 15.3 Å². The molecule has 2 aromatic rings. The number of anilines is 1. The van der Waals surface area contributed by atoms with Crippen LogP contribution in [0.2, 0.25) is 5.02 Å². The largest absolute Gasteiger partial charge is 0.346 e. The van der Waals surface area contributed by atoms with Crippen molar-refractivity contribution in [3.05, 3.63) is 63.6 Å². The lowest BCUT2D eigenvalue weighted by atomic mass is 10.2. The third-order valence-electron chi connectivity index (χ3n) is 2.98. The van der Waals surface area contributed by atoms with Crippen LogP contribution in [0.15, 0.2) is 53.0 Å². The Balaban J connectivity index is 1.67. The minimum absolute atomic E-state index is 0.0576. The molecule has 4 nitrogen and oxygen atoms in total. The number of amides is 2. The van der Waals surface area contributed by atoms with Gasteiger partial charge < -0.3 is 10.6 Å². The van der Waals surface area contributed by atoms with Gasteiger partial charge in [0.25, 0.3) is 0 Å². The fraction of sp³-hybridized carbons (Fsp3) is 0.176. The predicted octanol–water partition coefficient (Wildman–Crippen LogP) is 4.09. The molecule has 0 aliphatic heterocycles. The number of nitrogens with one attached hydrogen (secondary N) is 2. The first-order chi connectivity index (χ1) is 11.5. The molecule has 0 saturated carbocycles. The fourth-order valence-corrected chi connectivity index (χ4v) is 3.28. The van der Waals surface area contributed by atoms with Crippen LogP contribution in [0.3, 0.4) is 0 Å². The number of hydrogen-bond donors (Lipinski definition) is 2. The minimum atomic E-state index is -0.268. The van der Waals surface area contributed by atoms with Crippen LogP contribution in [0.25, 0.3) is 0 Å². The summed E-state index contributed by atoms with van der Waals surface area (Å²) in [4.78, 5) is 23.6. The summed E-state index contributed by atoms with van der Waals surface area (Å²) in [6, 6.07) is 14.8. The van der Waals surface area contributed by atoms with Crippen molar-refractivity contribution in [3.8, 4) is 0 Å². The van der Waals surface area contributed by atoms with Gasteiger partial charge in [0, 0.05) is 15.2 Å². The zero-order chi connectivity index (χ0) is 17.4. The van der Waals surface area contributed by atoms with Gasteiger partial charge in [0.2, 0.25) is 11.8 Å². The smallest absolute Gasteiger partial charge is 0.243 e. The lowest BCUT2D eigenvalue weighted by Crippen LogP contribution is -2.34. The first kappa shape index (κ1) is 18.8. The molecule has 0 unspecified atom stereocenters. The van der Waals surface area contributed by atoms with Gasteiger partial charge in [-0.3, -0.25) is 9.59 Å². The molecule has 0 aromatic heterocycles. The van der Waals surface area contributed by atoms with E-state index in [2.05, 4.69) is 26.6 Å². The van der Waals surface area contributed by atoms with Gasteiger partial charge in [-0.15, -0.1) is 11.8 Å². The topological polar surface area (TPSA) is 58.2 Å². The minimum Gasteiger partial charge on any atom is -0.346 e. The molecule has 0 bridgehead atoms. The third kappa shape index (κ3) is 6.55. The second-order valence-electron chi connectivity index (χ2n) is 4.93. The highest BCUT2D eigenvalue weighted by Gasteiger charge is 2.08. The summed E-state index contributed by atoms with van der Waals surface area (Å²) in [6.45, 7) is -0.0576. The van der Waals surface area contributed by atoms with E-state index in [4.69, 9.17) is 11.6 Å². The summed E-state index contributed by atoms with van der Waals surface area (Å²) in [6.07, 6.45) is 0. The van der Waals surface area contributed by atoms with E-state index >= 15 is 0 Å². The molecule has 0 spiro atoms. The quantitative estimate of drug-likeness (QED) is 0.700. The predicted molar refractivity (Wildman–Crippen MR) is 103 cm³/mol. The van der Waals surface area contributed by atoms with Gasteiger partial charge in [-0.1, -0.05) is 35.9 Å². The van der Waals surface area contributed by atoms with Crippen LogP contribution in [0.1, 0.15) is 5.56 Å². The molecule has 0 aliphatic carbocycles. The summed E-state index contributed by atoms with van der Waals surface area (Å²) < 4.78 is 0.793. The van der Waals surface area contributed by atoms with Crippen LogP contribution in [0.5, 0.6) is 0 Å². The van der Waals surface area contributed by atoms with Crippen molar-refractivity contribution < 1.29 is 9.59 Å². The number of carbonyl (C=O) groups excluding carboxylic acids is 2. The van der Waals surface area contributed by atoms with Gasteiger partial charge in [-0.2, -0.15) is 0 Å². The average molecular weight is 428 g/mol. The van der Waals surface area contributed by atoms with Gasteiger partial charge in [-0.05, 0) is 45.8 Å². The SMILES string of the molecule is O=C(CSCc1cccc(Cl)c1)NCC(=O)Nc1ccccc1Br. The van der Waals surface area contributed by atoms with E-state index in [1.165, 1.54) is 11.8 Å². The summed E-state index contributed by atoms with van der Waals surface area (Å²) in [5.41, 5.74) is 1.74. The molecule has 2 rings (SSSR count). The van der Waals surface area contributed by atoms with E-state index in [0.717, 1.165) is 10.0 Å². The van der Waals surface area contributed by atoms with Crippen molar-refractivity contribution in [1.29, 1.82) is 0 Å². The number of carbonyl (C=O) groups is 2. The zero-order valence-electron chi connectivity index (χ0n) is 12.7. The van der Waals surface area contributed by atoms with Crippen LogP contribution >= 0.6 is 39.3 Å². The molecule has 2 amide bonds. The van der Waals surface area contributed by atoms with Gasteiger partial charge in [0.1, 0.15) is 0 Å². The number of benzene rings is 2. The molecule has 0 atom stereocenters. The Labute approximate surface area is 158 Å². The second-order valence-corrected chi connectivity index (χ2v) is 7.20. The molecule has 0 radical (unpaired) electrons. The summed E-state index contributed by atoms with van der Waals surface area (Å²) in [5.74, 6) is 0.533. The average Bonchev–Trinajstić information content (AvgIpc) is 2.55. The molecule has 126 valence electrons. The van der Waals surface area contributed by atoms with Crippen LogP contribution in [0.4, 0.5) is 5.69 Å². The Bertz CT molecular complexity index is 727. The van der Waals surface area contributed by atoms with E-state index in [1.54, 1.807) is 6.07 Å². The Morgan fingerprint density at radius 3 is 2.62 bits per heavy atom. The van der Waals surface area contributed by atoms with Crippen molar-refractivity contribution in [1.82, 2.24) is 5.32 Å². The van der Waals surface area contributed by atoms with E-state index in [1.807, 2.05) is 42.5 Å². The number of thioether (sulfide) groups is 1. The molecule has 24 heavy (non-hydrogen) atoms. The first-order valence-electron chi connectivity index (χ1n) is 7.18. The molecular weight excluding hydrogens is 412 g/mol. The second kappa shape index (κ2) is 9.71. The van der Waals surface area contributed by atoms with Gasteiger partial charge in [-0.25, -0.2) is 0 Å². The maximum Gasteiger partial charge on any atom is 0.243 e. The summed E-state index contributed by atoms with van der Waals surface area (Å²) in [7, 11) is 0. The summed E-state index contributed by atoms with van der Waals surface area (Å²) in [5, 5.41) is 6.02. The third-order valence-corrected chi connectivity index (χ3v) is 4.92. The van der Waals surface area contributed by atoms with Crippen molar-refractivity contribution in [3.63, 3.8) is 0 Å². The zero-order valence-corrected chi connectivity index (χ0v) is 15.9. The van der Waals surface area contributed by atoms with E-state index in [9.17, 15) is 9.59 Å². The standard InChI is InChI=1S/C17H16BrClN2O2S/c18-14-6-1-2-7-15(14)21-16(22)9-20-17(23)11-24-10-12-4-3-5-13(19)8-12/h1-8H,9-11H2,(H,20,23)(H,21,22). The van der Waals surface area contributed by atoms with E-state index < -0.39 is 0 Å². The number of rotatable bonds is 7. The molecule has 0 aliphatic rings. The molecule has 0 saturated heterocycles. The molecule has 0 heterocycles. The Hall–Kier alpha value is -1.50. The number of halogens is 2. The monoisotopic (exact) mass is 426 g/mol. The number of hydrogen-bond acceptors (Lipinski definition) is 3. The van der Waals surface area contributed by atoms with Gasteiger partial charge in [0.05, 0.1) is 18.0 Å². The molecule has 2 aromatic carbocycles. The first-order valence-corrected chi connectivity index (χ1v) is 9.50. The van der Waals surface area contributed by atoms with Gasteiger partial charge >= 0.3 is 0 Å².